The van der Waals surface area contributed by atoms with Gasteiger partial charge in [0.2, 0.25) is 11.8 Å². The number of aromatic nitrogens is 4. The molecule has 1 amide bonds. The molecular formula is C26H27N5O2. The molecule has 0 aliphatic rings. The Morgan fingerprint density at radius 1 is 0.939 bits per heavy atom. The molecule has 7 nitrogen and oxygen atoms in total. The summed E-state index contributed by atoms with van der Waals surface area (Å²) in [6, 6.07) is 21.0. The van der Waals surface area contributed by atoms with E-state index < -0.39 is 0 Å². The van der Waals surface area contributed by atoms with Crippen molar-refractivity contribution in [2.45, 2.75) is 40.0 Å². The third-order valence-corrected chi connectivity index (χ3v) is 5.57. The molecule has 2 heterocycles. The van der Waals surface area contributed by atoms with E-state index in [9.17, 15) is 4.79 Å². The van der Waals surface area contributed by atoms with E-state index >= 15 is 0 Å². The average Bonchev–Trinajstić information content (AvgIpc) is 3.09. The SMILES string of the molecule is Cc1nn(-c2ccc(Oc3ccc(NC(=O)CCCc4ccccc4)cc3)nn2)c(C)c1C. The molecule has 33 heavy (non-hydrogen) atoms. The summed E-state index contributed by atoms with van der Waals surface area (Å²) in [7, 11) is 0. The molecule has 168 valence electrons. The second-order valence-electron chi connectivity index (χ2n) is 7.95. The standard InChI is InChI=1S/C26H27N5O2/c1-18-19(2)30-31(20(18)3)24-16-17-26(29-28-24)33-23-14-12-22(13-15-23)27-25(32)11-7-10-21-8-5-4-6-9-21/h4-6,8-9,12-17H,7,10-11H2,1-3H3,(H,27,32). The number of aryl methyl sites for hydroxylation is 2. The predicted octanol–water partition coefficient (Wildman–Crippen LogP) is 5.34. The molecule has 4 aromatic rings. The molecule has 0 unspecified atom stereocenters. The molecular weight excluding hydrogens is 414 g/mol. The van der Waals surface area contributed by atoms with Crippen molar-refractivity contribution >= 4 is 11.6 Å². The van der Waals surface area contributed by atoms with Gasteiger partial charge in [-0.15, -0.1) is 10.2 Å². The van der Waals surface area contributed by atoms with Crippen LogP contribution in [0, 0.1) is 20.8 Å². The van der Waals surface area contributed by atoms with E-state index in [2.05, 4.69) is 32.7 Å². The fourth-order valence-corrected chi connectivity index (χ4v) is 3.47. The Morgan fingerprint density at radius 3 is 2.33 bits per heavy atom. The molecule has 0 fully saturated rings. The van der Waals surface area contributed by atoms with Crippen LogP contribution in [-0.2, 0) is 11.2 Å². The molecule has 0 saturated heterocycles. The first-order valence-electron chi connectivity index (χ1n) is 11.0. The van der Waals surface area contributed by atoms with Gasteiger partial charge in [0, 0.05) is 23.9 Å². The second kappa shape index (κ2) is 10.1. The van der Waals surface area contributed by atoms with Crippen molar-refractivity contribution in [2.75, 3.05) is 5.32 Å². The Balaban J connectivity index is 1.29. The number of anilines is 1. The van der Waals surface area contributed by atoms with Crippen molar-refractivity contribution in [3.8, 4) is 17.4 Å². The zero-order valence-electron chi connectivity index (χ0n) is 19.1. The first kappa shape index (κ1) is 22.2. The Bertz CT molecular complexity index is 1220. The number of carbonyl (C=O) groups excluding carboxylic acids is 1. The highest BCUT2D eigenvalue weighted by atomic mass is 16.5. The molecule has 0 aliphatic heterocycles. The highest BCUT2D eigenvalue weighted by molar-refractivity contribution is 5.90. The lowest BCUT2D eigenvalue weighted by Gasteiger charge is -2.08. The molecule has 0 spiro atoms. The Morgan fingerprint density at radius 2 is 1.70 bits per heavy atom. The Kier molecular flexibility index (Phi) is 6.78. The van der Waals surface area contributed by atoms with Crippen molar-refractivity contribution in [1.29, 1.82) is 0 Å². The van der Waals surface area contributed by atoms with E-state index in [0.29, 0.717) is 23.9 Å². The van der Waals surface area contributed by atoms with Crippen LogP contribution in [0.2, 0.25) is 0 Å². The van der Waals surface area contributed by atoms with Crippen LogP contribution in [0.5, 0.6) is 11.6 Å². The van der Waals surface area contributed by atoms with Crippen molar-refractivity contribution in [2.24, 2.45) is 0 Å². The zero-order valence-corrected chi connectivity index (χ0v) is 19.1. The molecule has 7 heteroatoms. The summed E-state index contributed by atoms with van der Waals surface area (Å²) >= 11 is 0. The van der Waals surface area contributed by atoms with Crippen LogP contribution in [-0.4, -0.2) is 25.9 Å². The lowest BCUT2D eigenvalue weighted by atomic mass is 10.1. The number of amides is 1. The first-order chi connectivity index (χ1) is 16.0. The van der Waals surface area contributed by atoms with Crippen LogP contribution >= 0.6 is 0 Å². The van der Waals surface area contributed by atoms with Crippen molar-refractivity contribution < 1.29 is 9.53 Å². The summed E-state index contributed by atoms with van der Waals surface area (Å²) in [5, 5.41) is 15.8. The number of benzene rings is 2. The van der Waals surface area contributed by atoms with Gasteiger partial charge in [0.1, 0.15) is 5.75 Å². The van der Waals surface area contributed by atoms with Crippen molar-refractivity contribution in [3.63, 3.8) is 0 Å². The van der Waals surface area contributed by atoms with Gasteiger partial charge in [-0.25, -0.2) is 4.68 Å². The topological polar surface area (TPSA) is 81.9 Å². The van der Waals surface area contributed by atoms with E-state index in [1.807, 2.05) is 57.2 Å². The maximum atomic E-state index is 12.2. The molecule has 0 atom stereocenters. The second-order valence-corrected chi connectivity index (χ2v) is 7.95. The van der Waals surface area contributed by atoms with Gasteiger partial charge >= 0.3 is 0 Å². The highest BCUT2D eigenvalue weighted by Crippen LogP contribution is 2.22. The molecule has 2 aromatic carbocycles. The first-order valence-corrected chi connectivity index (χ1v) is 11.0. The Hall–Kier alpha value is -4.00. The summed E-state index contributed by atoms with van der Waals surface area (Å²) in [4.78, 5) is 12.2. The maximum Gasteiger partial charge on any atom is 0.238 e. The molecule has 0 radical (unpaired) electrons. The minimum Gasteiger partial charge on any atom is -0.438 e. The highest BCUT2D eigenvalue weighted by Gasteiger charge is 2.11. The normalized spacial score (nSPS) is 10.8. The third-order valence-electron chi connectivity index (χ3n) is 5.57. The maximum absolute atomic E-state index is 12.2. The summed E-state index contributed by atoms with van der Waals surface area (Å²) in [5.74, 6) is 1.64. The van der Waals surface area contributed by atoms with Gasteiger partial charge in [0.15, 0.2) is 5.82 Å². The van der Waals surface area contributed by atoms with Gasteiger partial charge in [-0.05, 0) is 75.1 Å². The average molecular weight is 442 g/mol. The van der Waals surface area contributed by atoms with Crippen LogP contribution in [0.4, 0.5) is 5.69 Å². The minimum atomic E-state index is 0.000410. The molecule has 1 N–H and O–H groups in total. The van der Waals surface area contributed by atoms with Crippen molar-refractivity contribution in [3.05, 3.63) is 89.2 Å². The Labute approximate surface area is 193 Å². The monoisotopic (exact) mass is 441 g/mol. The van der Waals surface area contributed by atoms with Gasteiger partial charge < -0.3 is 10.1 Å². The summed E-state index contributed by atoms with van der Waals surface area (Å²) < 4.78 is 7.56. The van der Waals surface area contributed by atoms with E-state index in [1.54, 1.807) is 22.9 Å². The summed E-state index contributed by atoms with van der Waals surface area (Å²) in [5.41, 5.74) is 5.12. The van der Waals surface area contributed by atoms with Gasteiger partial charge in [-0.3, -0.25) is 4.79 Å². The molecule has 0 saturated carbocycles. The molecule has 0 bridgehead atoms. The lowest BCUT2D eigenvalue weighted by molar-refractivity contribution is -0.116. The van der Waals surface area contributed by atoms with Crippen LogP contribution < -0.4 is 10.1 Å². The fourth-order valence-electron chi connectivity index (χ4n) is 3.47. The molecule has 2 aromatic heterocycles. The number of rotatable bonds is 8. The summed E-state index contributed by atoms with van der Waals surface area (Å²) in [6.45, 7) is 6.02. The number of ether oxygens (including phenoxy) is 1. The molecule has 4 rings (SSSR count). The van der Waals surface area contributed by atoms with Gasteiger partial charge in [0.25, 0.3) is 0 Å². The number of hydrogen-bond donors (Lipinski definition) is 1. The van der Waals surface area contributed by atoms with E-state index in [1.165, 1.54) is 5.56 Å². The van der Waals surface area contributed by atoms with Crippen LogP contribution in [0.15, 0.2) is 66.7 Å². The lowest BCUT2D eigenvalue weighted by Crippen LogP contribution is -2.11. The number of carbonyl (C=O) groups is 1. The van der Waals surface area contributed by atoms with E-state index in [4.69, 9.17) is 4.74 Å². The fraction of sp³-hybridized carbons (Fsp3) is 0.231. The number of nitrogens with zero attached hydrogens (tertiary/aromatic N) is 4. The van der Waals surface area contributed by atoms with E-state index in [-0.39, 0.29) is 5.91 Å². The third kappa shape index (κ3) is 5.63. The molecule has 0 aliphatic carbocycles. The zero-order chi connectivity index (χ0) is 23.2. The number of nitrogens with one attached hydrogen (secondary N) is 1. The van der Waals surface area contributed by atoms with E-state index in [0.717, 1.165) is 35.5 Å². The van der Waals surface area contributed by atoms with Gasteiger partial charge in [-0.2, -0.15) is 5.10 Å². The number of hydrogen-bond acceptors (Lipinski definition) is 5. The van der Waals surface area contributed by atoms with Gasteiger partial charge in [-0.1, -0.05) is 30.3 Å². The minimum absolute atomic E-state index is 0.000410. The van der Waals surface area contributed by atoms with Crippen LogP contribution in [0.1, 0.15) is 35.4 Å². The van der Waals surface area contributed by atoms with Crippen LogP contribution in [0.25, 0.3) is 5.82 Å². The van der Waals surface area contributed by atoms with Crippen LogP contribution in [0.3, 0.4) is 0 Å². The summed E-state index contributed by atoms with van der Waals surface area (Å²) in [6.07, 6.45) is 2.17. The quantitative estimate of drug-likeness (QED) is 0.399. The van der Waals surface area contributed by atoms with Gasteiger partial charge in [0.05, 0.1) is 5.69 Å². The largest absolute Gasteiger partial charge is 0.438 e. The predicted molar refractivity (Wildman–Crippen MR) is 128 cm³/mol. The van der Waals surface area contributed by atoms with Crippen molar-refractivity contribution in [1.82, 2.24) is 20.0 Å². The smallest absolute Gasteiger partial charge is 0.238 e.